The van der Waals surface area contributed by atoms with E-state index in [0.29, 0.717) is 6.04 Å². The minimum atomic E-state index is 0.496. The van der Waals surface area contributed by atoms with Crippen LogP contribution in [0.25, 0.3) is 0 Å². The topological polar surface area (TPSA) is 3.24 Å². The van der Waals surface area contributed by atoms with Gasteiger partial charge in [0, 0.05) is 12.6 Å². The maximum absolute atomic E-state index is 3.76. The lowest BCUT2D eigenvalue weighted by Gasteiger charge is -2.32. The Morgan fingerprint density at radius 1 is 1.21 bits per heavy atom. The Hall–Kier alpha value is -1.08. The highest BCUT2D eigenvalue weighted by molar-refractivity contribution is 5.27. The molecular weight excluding hydrogens is 230 g/mol. The molecule has 0 N–H and O–H groups in total. The molecule has 108 valence electrons. The molecule has 0 bridgehead atoms. The Morgan fingerprint density at radius 2 is 1.89 bits per heavy atom. The fraction of sp³-hybridized carbons (Fsp3) is 0.556. The summed E-state index contributed by atoms with van der Waals surface area (Å²) in [6.07, 6.45) is 12.8. The summed E-state index contributed by atoms with van der Waals surface area (Å²) in [5.74, 6) is 0. The van der Waals surface area contributed by atoms with E-state index in [1.807, 2.05) is 12.2 Å². The van der Waals surface area contributed by atoms with Crippen LogP contribution >= 0.6 is 0 Å². The molecule has 0 rings (SSSR count). The summed E-state index contributed by atoms with van der Waals surface area (Å²) < 4.78 is 0. The highest BCUT2D eigenvalue weighted by Gasteiger charge is 2.18. The van der Waals surface area contributed by atoms with Crippen LogP contribution in [0.3, 0.4) is 0 Å². The van der Waals surface area contributed by atoms with Crippen LogP contribution < -0.4 is 0 Å². The summed E-state index contributed by atoms with van der Waals surface area (Å²) in [6.45, 7) is 16.9. The van der Waals surface area contributed by atoms with Gasteiger partial charge in [0.25, 0.3) is 0 Å². The lowest BCUT2D eigenvalue weighted by atomic mass is 10.0. The van der Waals surface area contributed by atoms with Gasteiger partial charge >= 0.3 is 0 Å². The summed E-state index contributed by atoms with van der Waals surface area (Å²) in [7, 11) is 0. The van der Waals surface area contributed by atoms with E-state index < -0.39 is 0 Å². The smallest absolute Gasteiger partial charge is 0.0345 e. The highest BCUT2D eigenvalue weighted by atomic mass is 15.1. The number of nitrogens with zero attached hydrogens (tertiary/aromatic N) is 1. The summed E-state index contributed by atoms with van der Waals surface area (Å²) in [5, 5.41) is 0. The van der Waals surface area contributed by atoms with Crippen LogP contribution in [0.5, 0.6) is 0 Å². The van der Waals surface area contributed by atoms with Crippen molar-refractivity contribution in [3.8, 4) is 0 Å². The van der Waals surface area contributed by atoms with Crippen LogP contribution in [0.2, 0.25) is 0 Å². The molecule has 0 aromatic heterocycles. The van der Waals surface area contributed by atoms with Crippen LogP contribution in [0.4, 0.5) is 0 Å². The second kappa shape index (κ2) is 10.8. The summed E-state index contributed by atoms with van der Waals surface area (Å²) in [6, 6.07) is 0.496. The van der Waals surface area contributed by atoms with Gasteiger partial charge in [-0.25, -0.2) is 0 Å². The number of hydrogen-bond acceptors (Lipinski definition) is 1. The standard InChI is InChI=1S/C18H31N/c1-7-12-13-17(10-4)18(11-5)19(14-8-2)15-16(6)9-3/h7,9-10,12-13,18H,1,8,11,14-15H2,2-6H3/b13-12-,16-9+,17-10+. The van der Waals surface area contributed by atoms with Gasteiger partial charge in [-0.05, 0) is 45.7 Å². The van der Waals surface area contributed by atoms with Gasteiger partial charge in [-0.1, -0.05) is 56.4 Å². The molecule has 1 atom stereocenters. The molecule has 1 nitrogen and oxygen atoms in total. The van der Waals surface area contributed by atoms with Crippen LogP contribution in [0, 0.1) is 0 Å². The first-order valence-electron chi connectivity index (χ1n) is 7.45. The van der Waals surface area contributed by atoms with Crippen LogP contribution in [0.1, 0.15) is 47.5 Å². The van der Waals surface area contributed by atoms with Crippen molar-refractivity contribution in [3.05, 3.63) is 48.1 Å². The molecule has 0 aliphatic carbocycles. The van der Waals surface area contributed by atoms with Gasteiger partial charge in [-0.15, -0.1) is 0 Å². The van der Waals surface area contributed by atoms with Crippen molar-refractivity contribution < 1.29 is 0 Å². The van der Waals surface area contributed by atoms with Crippen molar-refractivity contribution in [2.24, 2.45) is 0 Å². The third-order valence-electron chi connectivity index (χ3n) is 3.43. The van der Waals surface area contributed by atoms with Crippen molar-refractivity contribution in [2.45, 2.75) is 53.5 Å². The van der Waals surface area contributed by atoms with Crippen molar-refractivity contribution in [1.29, 1.82) is 0 Å². The van der Waals surface area contributed by atoms with Crippen molar-refractivity contribution in [3.63, 3.8) is 0 Å². The van der Waals surface area contributed by atoms with Gasteiger partial charge in [0.15, 0.2) is 0 Å². The van der Waals surface area contributed by atoms with E-state index in [-0.39, 0.29) is 0 Å². The first kappa shape index (κ1) is 17.9. The Bertz CT molecular complexity index is 334. The van der Waals surface area contributed by atoms with E-state index in [4.69, 9.17) is 0 Å². The second-order valence-corrected chi connectivity index (χ2v) is 4.91. The predicted molar refractivity (Wildman–Crippen MR) is 88.5 cm³/mol. The molecule has 0 aromatic rings. The van der Waals surface area contributed by atoms with E-state index in [1.165, 1.54) is 17.6 Å². The quantitative estimate of drug-likeness (QED) is 0.411. The number of allylic oxidation sites excluding steroid dienone is 4. The molecule has 0 aliphatic heterocycles. The maximum atomic E-state index is 3.76. The summed E-state index contributed by atoms with van der Waals surface area (Å²) >= 11 is 0. The molecular formula is C18H31N. The SMILES string of the molecule is C=C/C=C\C(=C/C)C(CC)N(CCC)C/C(C)=C/C. The van der Waals surface area contributed by atoms with Gasteiger partial charge < -0.3 is 0 Å². The minimum absolute atomic E-state index is 0.496. The average molecular weight is 261 g/mol. The molecule has 1 heteroatoms. The molecule has 0 saturated heterocycles. The van der Waals surface area contributed by atoms with Crippen LogP contribution in [-0.2, 0) is 0 Å². The molecule has 0 heterocycles. The Balaban J connectivity index is 5.10. The molecule has 0 saturated carbocycles. The van der Waals surface area contributed by atoms with E-state index in [0.717, 1.165) is 19.5 Å². The number of hydrogen-bond donors (Lipinski definition) is 0. The number of rotatable bonds is 9. The van der Waals surface area contributed by atoms with Gasteiger partial charge in [0.2, 0.25) is 0 Å². The molecule has 19 heavy (non-hydrogen) atoms. The fourth-order valence-corrected chi connectivity index (χ4v) is 2.33. The Morgan fingerprint density at radius 3 is 2.32 bits per heavy atom. The molecule has 0 radical (unpaired) electrons. The Kier molecular flexibility index (Phi) is 10.2. The lowest BCUT2D eigenvalue weighted by Crippen LogP contribution is -2.37. The van der Waals surface area contributed by atoms with Crippen molar-refractivity contribution >= 4 is 0 Å². The zero-order chi connectivity index (χ0) is 14.7. The first-order valence-corrected chi connectivity index (χ1v) is 7.45. The normalized spacial score (nSPS) is 15.3. The van der Waals surface area contributed by atoms with Gasteiger partial charge in [0.05, 0.1) is 0 Å². The minimum Gasteiger partial charge on any atom is -0.292 e. The predicted octanol–water partition coefficient (Wildman–Crippen LogP) is 5.13. The zero-order valence-electron chi connectivity index (χ0n) is 13.4. The van der Waals surface area contributed by atoms with E-state index in [9.17, 15) is 0 Å². The van der Waals surface area contributed by atoms with E-state index >= 15 is 0 Å². The third-order valence-corrected chi connectivity index (χ3v) is 3.43. The van der Waals surface area contributed by atoms with Crippen LogP contribution in [-0.4, -0.2) is 24.0 Å². The largest absolute Gasteiger partial charge is 0.292 e. The second-order valence-electron chi connectivity index (χ2n) is 4.91. The fourth-order valence-electron chi connectivity index (χ4n) is 2.33. The lowest BCUT2D eigenvalue weighted by molar-refractivity contribution is 0.236. The highest BCUT2D eigenvalue weighted by Crippen LogP contribution is 2.18. The molecule has 0 aromatic carbocycles. The molecule has 0 aliphatic rings. The monoisotopic (exact) mass is 261 g/mol. The molecule has 0 fully saturated rings. The summed E-state index contributed by atoms with van der Waals surface area (Å²) in [4.78, 5) is 2.58. The molecule has 0 spiro atoms. The van der Waals surface area contributed by atoms with E-state index in [2.05, 4.69) is 64.3 Å². The van der Waals surface area contributed by atoms with E-state index in [1.54, 1.807) is 0 Å². The zero-order valence-corrected chi connectivity index (χ0v) is 13.4. The van der Waals surface area contributed by atoms with Gasteiger partial charge in [-0.3, -0.25) is 4.90 Å². The van der Waals surface area contributed by atoms with Gasteiger partial charge in [0.1, 0.15) is 0 Å². The van der Waals surface area contributed by atoms with Gasteiger partial charge in [-0.2, -0.15) is 0 Å². The van der Waals surface area contributed by atoms with Crippen molar-refractivity contribution in [1.82, 2.24) is 4.90 Å². The molecule has 1 unspecified atom stereocenters. The van der Waals surface area contributed by atoms with Crippen LogP contribution in [0.15, 0.2) is 48.1 Å². The van der Waals surface area contributed by atoms with Crippen molar-refractivity contribution in [2.75, 3.05) is 13.1 Å². The Labute approximate surface area is 120 Å². The molecule has 0 amide bonds. The first-order chi connectivity index (χ1) is 9.14. The summed E-state index contributed by atoms with van der Waals surface area (Å²) in [5.41, 5.74) is 2.83. The third kappa shape index (κ3) is 6.58. The average Bonchev–Trinajstić information content (AvgIpc) is 2.42. The maximum Gasteiger partial charge on any atom is 0.0345 e.